The smallest absolute Gasteiger partial charge is 0.308 e. The normalized spacial score (nSPS) is 10.4. The Bertz CT molecular complexity index is 431. The van der Waals surface area contributed by atoms with Crippen LogP contribution in [0.3, 0.4) is 0 Å². The summed E-state index contributed by atoms with van der Waals surface area (Å²) in [6.45, 7) is 1.28. The molecule has 1 aromatic rings. The topological polar surface area (TPSA) is 68.1 Å². The van der Waals surface area contributed by atoms with Crippen LogP contribution in [0.15, 0.2) is 21.8 Å². The Hall–Kier alpha value is -1.56. The van der Waals surface area contributed by atoms with Gasteiger partial charge in [0.05, 0.1) is 13.3 Å². The lowest BCUT2D eigenvalue weighted by atomic mass is 10.2. The van der Waals surface area contributed by atoms with Crippen molar-refractivity contribution in [3.05, 3.63) is 22.2 Å². The van der Waals surface area contributed by atoms with E-state index in [4.69, 9.17) is 14.7 Å². The van der Waals surface area contributed by atoms with Crippen LogP contribution in [0.5, 0.6) is 11.5 Å². The minimum absolute atomic E-state index is 0.219. The van der Waals surface area contributed by atoms with E-state index in [1.54, 1.807) is 12.1 Å². The predicted molar refractivity (Wildman–Crippen MR) is 61.4 cm³/mol. The molecular weight excluding hydrogens is 278 g/mol. The molecule has 6 heteroatoms. The van der Waals surface area contributed by atoms with Gasteiger partial charge in [-0.25, -0.2) is 0 Å². The van der Waals surface area contributed by atoms with E-state index in [1.165, 1.54) is 14.0 Å². The third-order valence-corrected chi connectivity index (χ3v) is 2.17. The molecule has 0 aromatic heterocycles. The fraction of sp³-hybridized carbons (Fsp3) is 0.200. The Morgan fingerprint density at radius 1 is 1.56 bits per heavy atom. The third-order valence-electron chi connectivity index (χ3n) is 1.71. The molecule has 0 atom stereocenters. The highest BCUT2D eigenvalue weighted by atomic mass is 79.9. The highest BCUT2D eigenvalue weighted by molar-refractivity contribution is 9.10. The van der Waals surface area contributed by atoms with E-state index < -0.39 is 5.97 Å². The molecule has 0 aliphatic heterocycles. The molecule has 16 heavy (non-hydrogen) atoms. The van der Waals surface area contributed by atoms with E-state index in [9.17, 15) is 4.79 Å². The third kappa shape index (κ3) is 2.96. The van der Waals surface area contributed by atoms with E-state index in [-0.39, 0.29) is 5.75 Å². The number of carbonyl (C=O) groups is 1. The van der Waals surface area contributed by atoms with Gasteiger partial charge in [0, 0.05) is 17.0 Å². The maximum Gasteiger partial charge on any atom is 0.308 e. The fourth-order valence-corrected chi connectivity index (χ4v) is 1.61. The lowest BCUT2D eigenvalue weighted by molar-refractivity contribution is -0.132. The second-order valence-electron chi connectivity index (χ2n) is 2.86. The zero-order valence-corrected chi connectivity index (χ0v) is 10.3. The van der Waals surface area contributed by atoms with E-state index in [0.717, 1.165) is 10.7 Å². The van der Waals surface area contributed by atoms with Crippen LogP contribution in [0.4, 0.5) is 0 Å². The summed E-state index contributed by atoms with van der Waals surface area (Å²) in [7, 11) is 1.45. The van der Waals surface area contributed by atoms with Gasteiger partial charge < -0.3 is 14.7 Å². The Kier molecular flexibility index (Phi) is 4.30. The molecule has 0 saturated heterocycles. The Morgan fingerprint density at radius 2 is 2.25 bits per heavy atom. The lowest BCUT2D eigenvalue weighted by Crippen LogP contribution is -2.05. The van der Waals surface area contributed by atoms with Crippen LogP contribution in [-0.2, 0) is 4.79 Å². The summed E-state index contributed by atoms with van der Waals surface area (Å²) in [5, 5.41) is 11.4. The van der Waals surface area contributed by atoms with Gasteiger partial charge in [-0.2, -0.15) is 0 Å². The minimum Gasteiger partial charge on any atom is -0.493 e. The summed E-state index contributed by atoms with van der Waals surface area (Å²) in [6, 6.07) is 3.29. The standard InChI is InChI=1S/C10H10BrNO4/c1-6(13)16-10-7(5-12-14)3-8(11)4-9(10)15-2/h3-5,14H,1-2H3/b12-5+. The van der Waals surface area contributed by atoms with Gasteiger partial charge in [-0.1, -0.05) is 21.1 Å². The van der Waals surface area contributed by atoms with Crippen molar-refractivity contribution < 1.29 is 19.5 Å². The number of halogens is 1. The number of benzene rings is 1. The van der Waals surface area contributed by atoms with Crippen LogP contribution in [-0.4, -0.2) is 24.5 Å². The van der Waals surface area contributed by atoms with E-state index in [2.05, 4.69) is 21.1 Å². The van der Waals surface area contributed by atoms with Crippen molar-refractivity contribution in [3.63, 3.8) is 0 Å². The van der Waals surface area contributed by atoms with Crippen molar-refractivity contribution in [2.45, 2.75) is 6.92 Å². The van der Waals surface area contributed by atoms with Crippen LogP contribution < -0.4 is 9.47 Å². The van der Waals surface area contributed by atoms with Crippen LogP contribution in [0.25, 0.3) is 0 Å². The van der Waals surface area contributed by atoms with E-state index in [0.29, 0.717) is 11.3 Å². The van der Waals surface area contributed by atoms with E-state index in [1.807, 2.05) is 0 Å². The summed E-state index contributed by atoms with van der Waals surface area (Å²) in [4.78, 5) is 10.9. The van der Waals surface area contributed by atoms with Gasteiger partial charge in [-0.15, -0.1) is 0 Å². The van der Waals surface area contributed by atoms with Gasteiger partial charge in [0.1, 0.15) is 0 Å². The average Bonchev–Trinajstić information content (AvgIpc) is 2.21. The monoisotopic (exact) mass is 287 g/mol. The maximum atomic E-state index is 10.9. The summed E-state index contributed by atoms with van der Waals surface area (Å²) >= 11 is 3.26. The number of ether oxygens (including phenoxy) is 2. The van der Waals surface area contributed by atoms with Crippen molar-refractivity contribution in [1.82, 2.24) is 0 Å². The molecule has 1 rings (SSSR count). The van der Waals surface area contributed by atoms with Crippen molar-refractivity contribution in [2.24, 2.45) is 5.16 Å². The van der Waals surface area contributed by atoms with Crippen molar-refractivity contribution in [1.29, 1.82) is 0 Å². The molecule has 0 aliphatic rings. The van der Waals surface area contributed by atoms with E-state index >= 15 is 0 Å². The van der Waals surface area contributed by atoms with Gasteiger partial charge in [0.25, 0.3) is 0 Å². The molecule has 1 N–H and O–H groups in total. The first-order valence-corrected chi connectivity index (χ1v) is 5.11. The maximum absolute atomic E-state index is 10.9. The fourth-order valence-electron chi connectivity index (χ4n) is 1.15. The number of oxime groups is 1. The molecule has 0 unspecified atom stereocenters. The molecule has 0 radical (unpaired) electrons. The number of esters is 1. The molecule has 0 fully saturated rings. The zero-order chi connectivity index (χ0) is 12.1. The highest BCUT2D eigenvalue weighted by Gasteiger charge is 2.13. The molecule has 1 aromatic carbocycles. The molecule has 5 nitrogen and oxygen atoms in total. The average molecular weight is 288 g/mol. The predicted octanol–water partition coefficient (Wildman–Crippen LogP) is 2.19. The molecule has 86 valence electrons. The molecule has 0 bridgehead atoms. The Labute approximate surface area is 101 Å². The van der Waals surface area contributed by atoms with Gasteiger partial charge in [0.15, 0.2) is 11.5 Å². The van der Waals surface area contributed by atoms with Crippen LogP contribution in [0.1, 0.15) is 12.5 Å². The summed E-state index contributed by atoms with van der Waals surface area (Å²) in [5.41, 5.74) is 0.434. The number of hydrogen-bond donors (Lipinski definition) is 1. The molecule has 0 saturated carbocycles. The first kappa shape index (κ1) is 12.5. The molecule has 0 aliphatic carbocycles. The van der Waals surface area contributed by atoms with Crippen LogP contribution in [0, 0.1) is 0 Å². The quantitative estimate of drug-likeness (QED) is 0.304. The summed E-state index contributed by atoms with van der Waals surface area (Å²) in [5.74, 6) is 0.115. The Morgan fingerprint density at radius 3 is 2.75 bits per heavy atom. The van der Waals surface area contributed by atoms with Gasteiger partial charge in [-0.05, 0) is 12.1 Å². The van der Waals surface area contributed by atoms with Gasteiger partial charge in [-0.3, -0.25) is 4.79 Å². The number of carbonyl (C=O) groups excluding carboxylic acids is 1. The number of hydrogen-bond acceptors (Lipinski definition) is 5. The largest absolute Gasteiger partial charge is 0.493 e. The SMILES string of the molecule is COc1cc(Br)cc(/C=N/O)c1OC(C)=O. The van der Waals surface area contributed by atoms with Crippen molar-refractivity contribution >= 4 is 28.1 Å². The lowest BCUT2D eigenvalue weighted by Gasteiger charge is -2.11. The van der Waals surface area contributed by atoms with Gasteiger partial charge >= 0.3 is 5.97 Å². The summed E-state index contributed by atoms with van der Waals surface area (Å²) < 4.78 is 10.8. The molecule has 0 spiro atoms. The molecular formula is C10H10BrNO4. The first-order chi connectivity index (χ1) is 7.58. The van der Waals surface area contributed by atoms with Crippen molar-refractivity contribution in [3.8, 4) is 11.5 Å². The number of nitrogens with zero attached hydrogens (tertiary/aromatic N) is 1. The first-order valence-electron chi connectivity index (χ1n) is 4.32. The molecule has 0 heterocycles. The number of rotatable bonds is 3. The highest BCUT2D eigenvalue weighted by Crippen LogP contribution is 2.34. The zero-order valence-electron chi connectivity index (χ0n) is 8.73. The van der Waals surface area contributed by atoms with Gasteiger partial charge in [0.2, 0.25) is 0 Å². The molecule has 0 amide bonds. The summed E-state index contributed by atoms with van der Waals surface area (Å²) in [6.07, 6.45) is 1.16. The second kappa shape index (κ2) is 5.50. The number of methoxy groups -OCH3 is 1. The Balaban J connectivity index is 3.32. The minimum atomic E-state index is -0.479. The van der Waals surface area contributed by atoms with Crippen LogP contribution >= 0.6 is 15.9 Å². The van der Waals surface area contributed by atoms with Crippen molar-refractivity contribution in [2.75, 3.05) is 7.11 Å². The van der Waals surface area contributed by atoms with Crippen LogP contribution in [0.2, 0.25) is 0 Å². The second-order valence-corrected chi connectivity index (χ2v) is 3.78.